The number of hydrogen-bond acceptors (Lipinski definition) is 2. The third kappa shape index (κ3) is 4.24. The summed E-state index contributed by atoms with van der Waals surface area (Å²) in [7, 11) is 0. The molecule has 0 amide bonds. The second kappa shape index (κ2) is 7.80. The molecule has 0 saturated carbocycles. The number of rotatable bonds is 5. The minimum absolute atomic E-state index is 0.407. The maximum absolute atomic E-state index is 12.4. The molecule has 0 saturated heterocycles. The van der Waals surface area contributed by atoms with Crippen LogP contribution in [0.5, 0.6) is 0 Å². The van der Waals surface area contributed by atoms with Gasteiger partial charge in [0, 0.05) is 5.02 Å². The van der Waals surface area contributed by atoms with E-state index in [1.165, 1.54) is 6.42 Å². The first-order valence-electron chi connectivity index (χ1n) is 7.63. The van der Waals surface area contributed by atoms with E-state index < -0.39 is 12.1 Å². The smallest absolute Gasteiger partial charge is 0.315 e. The molecule has 0 unspecified atom stereocenters. The number of carbonyl (C=O) groups excluding carboxylic acids is 1. The van der Waals surface area contributed by atoms with E-state index >= 15 is 0 Å². The highest BCUT2D eigenvalue weighted by atomic mass is 35.5. The van der Waals surface area contributed by atoms with Gasteiger partial charge in [0.15, 0.2) is 6.10 Å². The van der Waals surface area contributed by atoms with E-state index in [2.05, 4.69) is 0 Å². The average Bonchev–Trinajstić information content (AvgIpc) is 2.61. The summed E-state index contributed by atoms with van der Waals surface area (Å²) in [6.07, 6.45) is 1.00. The minimum Gasteiger partial charge on any atom is -0.452 e. The Labute approximate surface area is 146 Å². The van der Waals surface area contributed by atoms with Gasteiger partial charge in [-0.15, -0.1) is 0 Å². The fourth-order valence-corrected chi connectivity index (χ4v) is 2.67. The second-order valence-corrected chi connectivity index (χ2v) is 5.77. The van der Waals surface area contributed by atoms with Crippen molar-refractivity contribution >= 4 is 17.6 Å². The van der Waals surface area contributed by atoms with Crippen LogP contribution in [0.2, 0.25) is 5.02 Å². The maximum atomic E-state index is 12.4. The van der Waals surface area contributed by atoms with Gasteiger partial charge in [0.2, 0.25) is 0 Å². The Kier molecular flexibility index (Phi) is 5.29. The van der Waals surface area contributed by atoms with E-state index in [1.807, 2.05) is 66.7 Å². The first-order chi connectivity index (χ1) is 11.7. The molecule has 0 aliphatic rings. The van der Waals surface area contributed by atoms with Crippen LogP contribution in [0.3, 0.4) is 0 Å². The molecular formula is C21H16ClO2. The lowest BCUT2D eigenvalue weighted by Crippen LogP contribution is -2.13. The molecule has 0 aromatic heterocycles. The number of halogens is 1. The van der Waals surface area contributed by atoms with Crippen LogP contribution in [0.15, 0.2) is 84.9 Å². The number of esters is 1. The molecule has 0 bridgehead atoms. The molecule has 1 radical (unpaired) electrons. The van der Waals surface area contributed by atoms with E-state index in [0.717, 1.165) is 11.1 Å². The molecule has 24 heavy (non-hydrogen) atoms. The topological polar surface area (TPSA) is 26.3 Å². The molecule has 3 aromatic rings. The Morgan fingerprint density at radius 3 is 1.96 bits per heavy atom. The monoisotopic (exact) mass is 335 g/mol. The molecule has 3 rings (SSSR count). The molecule has 0 aliphatic carbocycles. The van der Waals surface area contributed by atoms with Crippen LogP contribution >= 0.6 is 11.6 Å². The molecule has 119 valence electrons. The molecule has 0 aliphatic heterocycles. The van der Waals surface area contributed by atoms with Crippen molar-refractivity contribution in [2.75, 3.05) is 0 Å². The lowest BCUT2D eigenvalue weighted by atomic mass is 10.0. The quantitative estimate of drug-likeness (QED) is 0.597. The Morgan fingerprint density at radius 2 is 1.42 bits per heavy atom. The summed E-state index contributed by atoms with van der Waals surface area (Å²) in [5.41, 5.74) is 2.57. The van der Waals surface area contributed by atoms with Gasteiger partial charge >= 0.3 is 5.97 Å². The molecule has 0 N–H and O–H groups in total. The van der Waals surface area contributed by atoms with Gasteiger partial charge in [-0.05, 0) is 28.8 Å². The number of hydrogen-bond donors (Lipinski definition) is 0. The van der Waals surface area contributed by atoms with E-state index in [9.17, 15) is 4.79 Å². The predicted molar refractivity (Wildman–Crippen MR) is 95.7 cm³/mol. The third-order valence-electron chi connectivity index (χ3n) is 3.57. The second-order valence-electron chi connectivity index (χ2n) is 5.34. The molecule has 0 fully saturated rings. The van der Waals surface area contributed by atoms with Crippen molar-refractivity contribution in [2.45, 2.75) is 6.10 Å². The highest BCUT2D eigenvalue weighted by Gasteiger charge is 2.19. The van der Waals surface area contributed by atoms with Crippen molar-refractivity contribution < 1.29 is 9.53 Å². The van der Waals surface area contributed by atoms with Crippen LogP contribution in [0.1, 0.15) is 22.8 Å². The zero-order chi connectivity index (χ0) is 16.8. The zero-order valence-corrected chi connectivity index (χ0v) is 13.7. The molecule has 2 nitrogen and oxygen atoms in total. The maximum Gasteiger partial charge on any atom is 0.315 e. The summed E-state index contributed by atoms with van der Waals surface area (Å²) in [5, 5.41) is 0.583. The Hall–Kier alpha value is -2.58. The van der Waals surface area contributed by atoms with Crippen LogP contribution in [0.25, 0.3) is 0 Å². The van der Waals surface area contributed by atoms with E-state index in [4.69, 9.17) is 16.3 Å². The fourth-order valence-electron chi connectivity index (χ4n) is 2.47. The molecule has 0 atom stereocenters. The fraction of sp³-hybridized carbons (Fsp3) is 0.0476. The largest absolute Gasteiger partial charge is 0.452 e. The van der Waals surface area contributed by atoms with Gasteiger partial charge in [0.05, 0.1) is 6.42 Å². The normalized spacial score (nSPS) is 10.6. The van der Waals surface area contributed by atoms with Gasteiger partial charge in [-0.1, -0.05) is 84.4 Å². The van der Waals surface area contributed by atoms with Gasteiger partial charge in [-0.2, -0.15) is 0 Å². The summed E-state index contributed by atoms with van der Waals surface area (Å²) in [6.45, 7) is 0. The van der Waals surface area contributed by atoms with E-state index in [-0.39, 0.29) is 0 Å². The molecule has 0 heterocycles. The van der Waals surface area contributed by atoms with Crippen molar-refractivity contribution in [3.63, 3.8) is 0 Å². The van der Waals surface area contributed by atoms with Gasteiger partial charge < -0.3 is 4.74 Å². The van der Waals surface area contributed by atoms with Crippen LogP contribution in [0, 0.1) is 6.42 Å². The first kappa shape index (κ1) is 16.3. The Balaban J connectivity index is 1.80. The lowest BCUT2D eigenvalue weighted by Gasteiger charge is -2.19. The van der Waals surface area contributed by atoms with Gasteiger partial charge in [0.25, 0.3) is 0 Å². The van der Waals surface area contributed by atoms with E-state index in [0.29, 0.717) is 10.6 Å². The number of ether oxygens (including phenoxy) is 1. The molecule has 0 spiro atoms. The summed E-state index contributed by atoms with van der Waals surface area (Å²) < 4.78 is 5.73. The van der Waals surface area contributed by atoms with Gasteiger partial charge in [-0.25, -0.2) is 0 Å². The highest BCUT2D eigenvalue weighted by Crippen LogP contribution is 2.26. The molecule has 3 aromatic carbocycles. The number of benzene rings is 3. The van der Waals surface area contributed by atoms with Gasteiger partial charge in [-0.3, -0.25) is 4.79 Å². The molecular weight excluding hydrogens is 320 g/mol. The standard InChI is InChI=1S/C21H16ClO2/c22-19-13-7-8-16(14-19)15-20(23)24-21(17-9-3-1-4-10-17)18-11-5-2-6-12-18/h1-15,21H. The Morgan fingerprint density at radius 1 is 0.833 bits per heavy atom. The van der Waals surface area contributed by atoms with Crippen molar-refractivity contribution in [1.82, 2.24) is 0 Å². The predicted octanol–water partition coefficient (Wildman–Crippen LogP) is 5.23. The Bertz CT molecular complexity index is 761. The van der Waals surface area contributed by atoms with Crippen LogP contribution < -0.4 is 0 Å². The lowest BCUT2D eigenvalue weighted by molar-refractivity contribution is -0.142. The van der Waals surface area contributed by atoms with Crippen LogP contribution in [-0.2, 0) is 9.53 Å². The van der Waals surface area contributed by atoms with Crippen LogP contribution in [-0.4, -0.2) is 5.97 Å². The van der Waals surface area contributed by atoms with Crippen LogP contribution in [0.4, 0.5) is 0 Å². The zero-order valence-electron chi connectivity index (χ0n) is 12.9. The third-order valence-corrected chi connectivity index (χ3v) is 3.81. The van der Waals surface area contributed by atoms with Crippen molar-refractivity contribution in [1.29, 1.82) is 0 Å². The SMILES string of the molecule is O=C([CH]c1cccc(Cl)c1)OC(c1ccccc1)c1ccccc1. The first-order valence-corrected chi connectivity index (χ1v) is 8.01. The summed E-state index contributed by atoms with van der Waals surface area (Å²) in [4.78, 5) is 12.4. The molecule has 3 heteroatoms. The van der Waals surface area contributed by atoms with Crippen molar-refractivity contribution in [3.8, 4) is 0 Å². The minimum atomic E-state index is -0.449. The summed E-state index contributed by atoms with van der Waals surface area (Å²) in [6, 6.07) is 26.5. The number of carbonyl (C=O) groups is 1. The summed E-state index contributed by atoms with van der Waals surface area (Å²) in [5.74, 6) is -0.407. The highest BCUT2D eigenvalue weighted by molar-refractivity contribution is 6.30. The average molecular weight is 336 g/mol. The van der Waals surface area contributed by atoms with Crippen molar-refractivity contribution in [3.05, 3.63) is 113 Å². The van der Waals surface area contributed by atoms with Gasteiger partial charge in [0.1, 0.15) is 0 Å². The van der Waals surface area contributed by atoms with Crippen molar-refractivity contribution in [2.24, 2.45) is 0 Å². The van der Waals surface area contributed by atoms with E-state index in [1.54, 1.807) is 18.2 Å². The summed E-state index contributed by atoms with van der Waals surface area (Å²) >= 11 is 5.95.